The lowest BCUT2D eigenvalue weighted by molar-refractivity contribution is -0.384. The first-order valence-corrected chi connectivity index (χ1v) is 7.08. The predicted molar refractivity (Wildman–Crippen MR) is 78.4 cm³/mol. The summed E-state index contributed by atoms with van der Waals surface area (Å²) in [6, 6.07) is 10.4. The van der Waals surface area contributed by atoms with Gasteiger partial charge in [0.05, 0.1) is 4.92 Å². The second-order valence-corrected chi connectivity index (χ2v) is 4.84. The third-order valence-electron chi connectivity index (χ3n) is 2.70. The first kappa shape index (κ1) is 14.9. The smallest absolute Gasteiger partial charge is 0.340 e. The lowest BCUT2D eigenvalue weighted by Crippen LogP contribution is -2.02. The lowest BCUT2D eigenvalue weighted by atomic mass is 10.2. The van der Waals surface area contributed by atoms with Crippen molar-refractivity contribution in [2.45, 2.75) is 4.90 Å². The maximum atomic E-state index is 11.4. The standard InChI is InChI=1S/C14H11NO5S/c1-21-12-4-2-3-11(13(12)14(16)17)20-10-7-5-9(6-8-10)15(18)19/h2-8H,1H3,(H,16,17). The quantitative estimate of drug-likeness (QED) is 0.513. The molecule has 0 radical (unpaired) electrons. The topological polar surface area (TPSA) is 89.7 Å². The van der Waals surface area contributed by atoms with Crippen LogP contribution in [0.5, 0.6) is 11.5 Å². The molecule has 0 atom stereocenters. The minimum absolute atomic E-state index is 0.0568. The summed E-state index contributed by atoms with van der Waals surface area (Å²) in [5.74, 6) is -0.554. The Bertz CT molecular complexity index is 684. The molecule has 0 aliphatic carbocycles. The molecule has 0 aromatic heterocycles. The van der Waals surface area contributed by atoms with E-state index in [0.717, 1.165) is 0 Å². The lowest BCUT2D eigenvalue weighted by Gasteiger charge is -2.11. The summed E-state index contributed by atoms with van der Waals surface area (Å²) < 4.78 is 5.53. The molecule has 0 aliphatic heterocycles. The number of thioether (sulfide) groups is 1. The summed E-state index contributed by atoms with van der Waals surface area (Å²) >= 11 is 1.30. The molecule has 7 heteroatoms. The van der Waals surface area contributed by atoms with Crippen LogP contribution in [0.4, 0.5) is 5.69 Å². The van der Waals surface area contributed by atoms with Crippen molar-refractivity contribution in [2.24, 2.45) is 0 Å². The van der Waals surface area contributed by atoms with Crippen molar-refractivity contribution < 1.29 is 19.6 Å². The van der Waals surface area contributed by atoms with E-state index in [-0.39, 0.29) is 17.0 Å². The number of non-ortho nitro benzene ring substituents is 1. The number of hydrogen-bond acceptors (Lipinski definition) is 5. The Morgan fingerprint density at radius 3 is 2.43 bits per heavy atom. The number of ether oxygens (including phenoxy) is 1. The summed E-state index contributed by atoms with van der Waals surface area (Å²) in [6.45, 7) is 0. The highest BCUT2D eigenvalue weighted by Crippen LogP contribution is 2.32. The molecule has 6 nitrogen and oxygen atoms in total. The monoisotopic (exact) mass is 305 g/mol. The Labute approximate surface area is 124 Å². The average molecular weight is 305 g/mol. The number of hydrogen-bond donors (Lipinski definition) is 1. The maximum absolute atomic E-state index is 11.4. The zero-order chi connectivity index (χ0) is 15.4. The van der Waals surface area contributed by atoms with E-state index in [1.54, 1.807) is 24.5 Å². The van der Waals surface area contributed by atoms with Gasteiger partial charge in [0.2, 0.25) is 0 Å². The van der Waals surface area contributed by atoms with Crippen LogP contribution in [0.15, 0.2) is 47.4 Å². The second-order valence-electron chi connectivity index (χ2n) is 3.99. The molecule has 2 aromatic rings. The Morgan fingerprint density at radius 1 is 1.24 bits per heavy atom. The van der Waals surface area contributed by atoms with Crippen LogP contribution in [0.3, 0.4) is 0 Å². The van der Waals surface area contributed by atoms with E-state index >= 15 is 0 Å². The molecule has 0 amide bonds. The maximum Gasteiger partial charge on any atom is 0.340 e. The Morgan fingerprint density at radius 2 is 1.90 bits per heavy atom. The van der Waals surface area contributed by atoms with Gasteiger partial charge in [0, 0.05) is 17.0 Å². The number of nitrogens with zero attached hydrogens (tertiary/aromatic N) is 1. The first-order valence-electron chi connectivity index (χ1n) is 5.85. The van der Waals surface area contributed by atoms with Crippen molar-refractivity contribution in [2.75, 3.05) is 6.26 Å². The Balaban J connectivity index is 2.35. The number of carboxylic acid groups (broad SMARTS) is 1. The van der Waals surface area contributed by atoms with E-state index < -0.39 is 10.9 Å². The van der Waals surface area contributed by atoms with Crippen molar-refractivity contribution in [3.05, 3.63) is 58.1 Å². The second kappa shape index (κ2) is 6.27. The third kappa shape index (κ3) is 3.32. The number of nitro groups is 1. The molecule has 0 fully saturated rings. The highest BCUT2D eigenvalue weighted by molar-refractivity contribution is 7.98. The molecule has 0 aliphatic rings. The van der Waals surface area contributed by atoms with Gasteiger partial charge in [-0.2, -0.15) is 0 Å². The van der Waals surface area contributed by atoms with Gasteiger partial charge >= 0.3 is 5.97 Å². The van der Waals surface area contributed by atoms with Gasteiger partial charge in [-0.25, -0.2) is 4.79 Å². The molecule has 21 heavy (non-hydrogen) atoms. The zero-order valence-electron chi connectivity index (χ0n) is 11.0. The fourth-order valence-corrected chi connectivity index (χ4v) is 2.35. The van der Waals surface area contributed by atoms with Gasteiger partial charge in [-0.3, -0.25) is 10.1 Å². The average Bonchev–Trinajstić information content (AvgIpc) is 2.47. The van der Waals surface area contributed by atoms with E-state index in [9.17, 15) is 20.0 Å². The zero-order valence-corrected chi connectivity index (χ0v) is 11.8. The number of carbonyl (C=O) groups is 1. The molecule has 108 valence electrons. The van der Waals surface area contributed by atoms with E-state index in [0.29, 0.717) is 10.6 Å². The largest absolute Gasteiger partial charge is 0.478 e. The van der Waals surface area contributed by atoms with E-state index in [1.165, 1.54) is 36.0 Å². The van der Waals surface area contributed by atoms with Crippen molar-refractivity contribution in [3.8, 4) is 11.5 Å². The summed E-state index contributed by atoms with van der Waals surface area (Å²) in [7, 11) is 0. The van der Waals surface area contributed by atoms with E-state index in [4.69, 9.17) is 4.74 Å². The van der Waals surface area contributed by atoms with Crippen LogP contribution in [0, 0.1) is 10.1 Å². The fraction of sp³-hybridized carbons (Fsp3) is 0.0714. The highest BCUT2D eigenvalue weighted by atomic mass is 32.2. The normalized spacial score (nSPS) is 10.1. The van der Waals surface area contributed by atoms with Crippen LogP contribution in [-0.4, -0.2) is 22.3 Å². The van der Waals surface area contributed by atoms with Gasteiger partial charge in [-0.1, -0.05) is 6.07 Å². The van der Waals surface area contributed by atoms with Gasteiger partial charge < -0.3 is 9.84 Å². The minimum Gasteiger partial charge on any atom is -0.478 e. The summed E-state index contributed by atoms with van der Waals surface area (Å²) in [4.78, 5) is 22.0. The molecule has 1 N–H and O–H groups in total. The van der Waals surface area contributed by atoms with Gasteiger partial charge in [-0.15, -0.1) is 11.8 Å². The van der Waals surface area contributed by atoms with Gasteiger partial charge in [0.25, 0.3) is 5.69 Å². The highest BCUT2D eigenvalue weighted by Gasteiger charge is 2.17. The van der Waals surface area contributed by atoms with E-state index in [1.807, 2.05) is 0 Å². The van der Waals surface area contributed by atoms with E-state index in [2.05, 4.69) is 0 Å². The summed E-state index contributed by atoms with van der Waals surface area (Å²) in [5.41, 5.74) is 0.0158. The van der Waals surface area contributed by atoms with Crippen molar-refractivity contribution in [3.63, 3.8) is 0 Å². The number of rotatable bonds is 5. The fourth-order valence-electron chi connectivity index (χ4n) is 1.74. The Kier molecular flexibility index (Phi) is 4.44. The number of nitro benzene ring substituents is 1. The van der Waals surface area contributed by atoms with Crippen LogP contribution < -0.4 is 4.74 Å². The summed E-state index contributed by atoms with van der Waals surface area (Å²) in [6.07, 6.45) is 1.78. The predicted octanol–water partition coefficient (Wildman–Crippen LogP) is 3.81. The molecular weight excluding hydrogens is 294 g/mol. The molecule has 0 heterocycles. The molecule has 0 saturated heterocycles. The SMILES string of the molecule is CSc1cccc(Oc2ccc([N+](=O)[O-])cc2)c1C(=O)O. The molecule has 2 aromatic carbocycles. The number of carboxylic acids is 1. The minimum atomic E-state index is -1.09. The third-order valence-corrected chi connectivity index (χ3v) is 3.48. The van der Waals surface area contributed by atoms with Crippen LogP contribution in [-0.2, 0) is 0 Å². The van der Waals surface area contributed by atoms with Crippen LogP contribution in [0.25, 0.3) is 0 Å². The van der Waals surface area contributed by atoms with Gasteiger partial charge in [-0.05, 0) is 30.5 Å². The van der Waals surface area contributed by atoms with Crippen molar-refractivity contribution >= 4 is 23.4 Å². The van der Waals surface area contributed by atoms with Crippen LogP contribution >= 0.6 is 11.8 Å². The van der Waals surface area contributed by atoms with Gasteiger partial charge in [0.15, 0.2) is 0 Å². The van der Waals surface area contributed by atoms with Crippen LogP contribution in [0.2, 0.25) is 0 Å². The Hall–Kier alpha value is -2.54. The molecule has 0 spiro atoms. The molecule has 0 saturated carbocycles. The molecular formula is C14H11NO5S. The number of aromatic carboxylic acids is 1. The molecule has 0 bridgehead atoms. The molecule has 0 unspecified atom stereocenters. The molecule has 2 rings (SSSR count). The van der Waals surface area contributed by atoms with Gasteiger partial charge in [0.1, 0.15) is 17.1 Å². The first-order chi connectivity index (χ1) is 10.0. The van der Waals surface area contributed by atoms with Crippen molar-refractivity contribution in [1.82, 2.24) is 0 Å². The number of benzene rings is 2. The van der Waals surface area contributed by atoms with Crippen molar-refractivity contribution in [1.29, 1.82) is 0 Å². The summed E-state index contributed by atoms with van der Waals surface area (Å²) in [5, 5.41) is 19.9. The van der Waals surface area contributed by atoms with Crippen LogP contribution in [0.1, 0.15) is 10.4 Å².